The lowest BCUT2D eigenvalue weighted by Crippen LogP contribution is -2.48. The molecule has 1 fully saturated rings. The van der Waals surface area contributed by atoms with Crippen molar-refractivity contribution in [1.29, 1.82) is 0 Å². The molecule has 2 aromatic carbocycles. The van der Waals surface area contributed by atoms with Gasteiger partial charge in [-0.15, -0.1) is 0 Å². The highest BCUT2D eigenvalue weighted by Gasteiger charge is 2.31. The fraction of sp³-hybridized carbons (Fsp3) is 0.190. The molecular formula is C21H17FN2O5. The second kappa shape index (κ2) is 7.84. The quantitative estimate of drug-likeness (QED) is 0.729. The highest BCUT2D eigenvalue weighted by atomic mass is 19.1. The number of rotatable bonds is 4. The van der Waals surface area contributed by atoms with Crippen LogP contribution < -0.4 is 0 Å². The molecule has 8 heteroatoms. The Labute approximate surface area is 165 Å². The van der Waals surface area contributed by atoms with Crippen molar-refractivity contribution in [2.24, 2.45) is 0 Å². The van der Waals surface area contributed by atoms with Gasteiger partial charge in [-0.1, -0.05) is 24.3 Å². The number of aromatic nitrogens is 1. The van der Waals surface area contributed by atoms with E-state index in [0.29, 0.717) is 11.1 Å². The van der Waals surface area contributed by atoms with Crippen LogP contribution in [0.25, 0.3) is 22.8 Å². The standard InChI is InChI=1S/C21H17FN2O5/c22-16-8-4-3-7-15(16)17-11-23-19(29-17)13-5-1-2-6-14(13)20(25)24-9-10-28-18(12-24)21(26)27/h1-8,11,18H,9-10,12H2,(H,26,27)/t18-/m0/s1. The molecule has 3 aromatic rings. The van der Waals surface area contributed by atoms with Crippen molar-refractivity contribution >= 4 is 11.9 Å². The van der Waals surface area contributed by atoms with Gasteiger partial charge >= 0.3 is 5.97 Å². The van der Waals surface area contributed by atoms with Crippen LogP contribution in [0.2, 0.25) is 0 Å². The van der Waals surface area contributed by atoms with Crippen molar-refractivity contribution < 1.29 is 28.2 Å². The number of aliphatic carboxylic acids is 1. The van der Waals surface area contributed by atoms with E-state index in [2.05, 4.69) is 4.98 Å². The minimum atomic E-state index is -1.11. The molecule has 1 saturated heterocycles. The molecule has 0 bridgehead atoms. The molecule has 4 rings (SSSR count). The fourth-order valence-corrected chi connectivity index (χ4v) is 3.19. The number of benzene rings is 2. The summed E-state index contributed by atoms with van der Waals surface area (Å²) >= 11 is 0. The van der Waals surface area contributed by atoms with Gasteiger partial charge in [0.2, 0.25) is 5.89 Å². The first kappa shape index (κ1) is 18.8. The summed E-state index contributed by atoms with van der Waals surface area (Å²) in [6.07, 6.45) is 0.346. The Morgan fingerprint density at radius 1 is 1.10 bits per heavy atom. The summed E-state index contributed by atoms with van der Waals surface area (Å²) in [5.41, 5.74) is 1.03. The van der Waals surface area contributed by atoms with Crippen LogP contribution in [-0.2, 0) is 9.53 Å². The predicted molar refractivity (Wildman–Crippen MR) is 101 cm³/mol. The van der Waals surface area contributed by atoms with Crippen LogP contribution in [0, 0.1) is 5.82 Å². The molecular weight excluding hydrogens is 379 g/mol. The van der Waals surface area contributed by atoms with Gasteiger partial charge in [-0.3, -0.25) is 4.79 Å². The highest BCUT2D eigenvalue weighted by Crippen LogP contribution is 2.30. The summed E-state index contributed by atoms with van der Waals surface area (Å²) in [7, 11) is 0. The van der Waals surface area contributed by atoms with Crippen LogP contribution in [0.4, 0.5) is 4.39 Å². The Balaban J connectivity index is 1.65. The summed E-state index contributed by atoms with van der Waals surface area (Å²) in [6.45, 7) is 0.374. The van der Waals surface area contributed by atoms with Crippen molar-refractivity contribution in [3.05, 3.63) is 66.1 Å². The molecule has 29 heavy (non-hydrogen) atoms. The molecule has 0 spiro atoms. The topological polar surface area (TPSA) is 92.9 Å². The van der Waals surface area contributed by atoms with Crippen molar-refractivity contribution in [1.82, 2.24) is 9.88 Å². The molecule has 148 valence electrons. The molecule has 1 amide bonds. The molecule has 2 heterocycles. The number of hydrogen-bond acceptors (Lipinski definition) is 5. The van der Waals surface area contributed by atoms with E-state index in [0.717, 1.165) is 0 Å². The summed E-state index contributed by atoms with van der Waals surface area (Å²) in [6, 6.07) is 12.9. The van der Waals surface area contributed by atoms with E-state index in [-0.39, 0.29) is 42.8 Å². The number of nitrogens with zero attached hydrogens (tertiary/aromatic N) is 2. The Morgan fingerprint density at radius 2 is 1.83 bits per heavy atom. The number of carboxylic acids is 1. The van der Waals surface area contributed by atoms with Gasteiger partial charge < -0.3 is 19.2 Å². The zero-order valence-electron chi connectivity index (χ0n) is 15.2. The second-order valence-corrected chi connectivity index (χ2v) is 6.50. The average molecular weight is 396 g/mol. The van der Waals surface area contributed by atoms with Gasteiger partial charge in [0.1, 0.15) is 5.82 Å². The minimum Gasteiger partial charge on any atom is -0.479 e. The van der Waals surface area contributed by atoms with Gasteiger partial charge in [0, 0.05) is 12.1 Å². The molecule has 1 aromatic heterocycles. The van der Waals surface area contributed by atoms with Crippen molar-refractivity contribution in [3.63, 3.8) is 0 Å². The average Bonchev–Trinajstić information content (AvgIpc) is 3.23. The number of amides is 1. The zero-order chi connectivity index (χ0) is 20.4. The van der Waals surface area contributed by atoms with E-state index in [1.807, 2.05) is 0 Å². The van der Waals surface area contributed by atoms with E-state index in [1.54, 1.807) is 42.5 Å². The third kappa shape index (κ3) is 3.74. The molecule has 1 aliphatic rings. The molecule has 1 aliphatic heterocycles. The van der Waals surface area contributed by atoms with Crippen molar-refractivity contribution in [3.8, 4) is 22.8 Å². The number of carbonyl (C=O) groups is 2. The summed E-state index contributed by atoms with van der Waals surface area (Å²) < 4.78 is 24.9. The van der Waals surface area contributed by atoms with E-state index in [9.17, 15) is 14.0 Å². The molecule has 0 aliphatic carbocycles. The molecule has 0 unspecified atom stereocenters. The summed E-state index contributed by atoms with van der Waals surface area (Å²) in [5, 5.41) is 9.16. The Morgan fingerprint density at radius 3 is 2.59 bits per heavy atom. The van der Waals surface area contributed by atoms with Gasteiger partial charge in [0.15, 0.2) is 11.9 Å². The molecule has 0 saturated carbocycles. The van der Waals surface area contributed by atoms with Gasteiger partial charge in [-0.2, -0.15) is 0 Å². The third-order valence-corrected chi connectivity index (χ3v) is 4.66. The number of morpholine rings is 1. The molecule has 1 N–H and O–H groups in total. The van der Waals surface area contributed by atoms with Gasteiger partial charge in [0.25, 0.3) is 5.91 Å². The first-order chi connectivity index (χ1) is 14.0. The van der Waals surface area contributed by atoms with Crippen LogP contribution in [0.5, 0.6) is 0 Å². The molecule has 7 nitrogen and oxygen atoms in total. The maximum atomic E-state index is 14.0. The zero-order valence-corrected chi connectivity index (χ0v) is 15.2. The SMILES string of the molecule is O=C(O)[C@@H]1CN(C(=O)c2ccccc2-c2ncc(-c3ccccc3F)o2)CCO1. The van der Waals surface area contributed by atoms with E-state index in [4.69, 9.17) is 14.3 Å². The Bertz CT molecular complexity index is 1060. The lowest BCUT2D eigenvalue weighted by molar-refractivity contribution is -0.154. The maximum Gasteiger partial charge on any atom is 0.334 e. The lowest BCUT2D eigenvalue weighted by Gasteiger charge is -2.31. The number of carboxylic acid groups (broad SMARTS) is 1. The number of carbonyl (C=O) groups excluding carboxylic acids is 1. The normalized spacial score (nSPS) is 16.6. The monoisotopic (exact) mass is 396 g/mol. The maximum absolute atomic E-state index is 14.0. The number of ether oxygens (including phenoxy) is 1. The molecule has 0 radical (unpaired) electrons. The summed E-state index contributed by atoms with van der Waals surface area (Å²) in [4.78, 5) is 29.9. The van der Waals surface area contributed by atoms with Crippen molar-refractivity contribution in [2.75, 3.05) is 19.7 Å². The van der Waals surface area contributed by atoms with E-state index >= 15 is 0 Å². The van der Waals surface area contributed by atoms with Gasteiger partial charge in [-0.25, -0.2) is 14.2 Å². The highest BCUT2D eigenvalue weighted by molar-refractivity contribution is 6.00. The van der Waals surface area contributed by atoms with E-state index in [1.165, 1.54) is 17.2 Å². The number of hydrogen-bond donors (Lipinski definition) is 1. The lowest BCUT2D eigenvalue weighted by atomic mass is 10.1. The number of oxazole rings is 1. The minimum absolute atomic E-state index is 0.0471. The third-order valence-electron chi connectivity index (χ3n) is 4.66. The fourth-order valence-electron chi connectivity index (χ4n) is 3.19. The van der Waals surface area contributed by atoms with Crippen LogP contribution >= 0.6 is 0 Å². The Kier molecular flexibility index (Phi) is 5.09. The first-order valence-corrected chi connectivity index (χ1v) is 8.98. The van der Waals surface area contributed by atoms with Gasteiger partial charge in [-0.05, 0) is 24.3 Å². The molecule has 1 atom stereocenters. The largest absolute Gasteiger partial charge is 0.479 e. The van der Waals surface area contributed by atoms with Crippen LogP contribution in [-0.4, -0.2) is 52.7 Å². The Hall–Kier alpha value is -3.52. The summed E-state index contributed by atoms with van der Waals surface area (Å²) in [5.74, 6) is -1.47. The number of halogens is 1. The van der Waals surface area contributed by atoms with Crippen molar-refractivity contribution in [2.45, 2.75) is 6.10 Å². The van der Waals surface area contributed by atoms with Gasteiger partial charge in [0.05, 0.1) is 30.5 Å². The first-order valence-electron chi connectivity index (χ1n) is 8.98. The smallest absolute Gasteiger partial charge is 0.334 e. The van der Waals surface area contributed by atoms with Crippen LogP contribution in [0.3, 0.4) is 0 Å². The predicted octanol–water partition coefficient (Wildman–Crippen LogP) is 3.07. The van der Waals surface area contributed by atoms with E-state index < -0.39 is 17.9 Å². The van der Waals surface area contributed by atoms with Crippen LogP contribution in [0.1, 0.15) is 10.4 Å². The second-order valence-electron chi connectivity index (χ2n) is 6.50. The van der Waals surface area contributed by atoms with Crippen LogP contribution in [0.15, 0.2) is 59.1 Å².